The molecule has 6 heteroatoms. The standard InChI is InChI=1S/C8H9N5.V/c1-3-10-6(2)7-4-5-11-8(12-7)13-9;/h2-5H,1,9H2,(H,11,12,13);. The van der Waals surface area contributed by atoms with E-state index in [1.807, 2.05) is 0 Å². The summed E-state index contributed by atoms with van der Waals surface area (Å²) < 4.78 is 1.78. The van der Waals surface area contributed by atoms with Crippen LogP contribution in [0.15, 0.2) is 30.0 Å². The fourth-order valence-corrected chi connectivity index (χ4v) is 1.15. The van der Waals surface area contributed by atoms with Crippen molar-refractivity contribution in [2.45, 2.75) is 0 Å². The molecule has 0 aliphatic heterocycles. The molecule has 0 spiro atoms. The normalized spacial score (nSPS) is 10.7. The van der Waals surface area contributed by atoms with Crippen LogP contribution in [0.25, 0.3) is 0 Å². The molecule has 3 N–H and O–H groups in total. The van der Waals surface area contributed by atoms with Crippen LogP contribution in [0.2, 0.25) is 0 Å². The molecule has 0 radical (unpaired) electrons. The molecule has 1 heterocycles. The molecule has 14 heavy (non-hydrogen) atoms. The van der Waals surface area contributed by atoms with Crippen molar-refractivity contribution < 1.29 is 17.0 Å². The van der Waals surface area contributed by atoms with Crippen LogP contribution in [-0.4, -0.2) is 20.4 Å². The minimum atomic E-state index is 0.355. The van der Waals surface area contributed by atoms with Crippen molar-refractivity contribution in [3.8, 4) is 0 Å². The molecule has 0 amide bonds. The Balaban J connectivity index is 3.10. The molecule has 0 aliphatic carbocycles. The molecule has 1 rings (SSSR count). The molecule has 0 saturated carbocycles. The Morgan fingerprint density at radius 1 is 1.71 bits per heavy atom. The average molecular weight is 226 g/mol. The van der Waals surface area contributed by atoms with Gasteiger partial charge in [-0.1, -0.05) is 0 Å². The molecule has 1 aromatic rings. The molecule has 0 aliphatic rings. The second-order valence-electron chi connectivity index (χ2n) is 2.24. The number of aliphatic imine (C=N–C) groups is 1. The van der Waals surface area contributed by atoms with E-state index < -0.39 is 0 Å². The van der Waals surface area contributed by atoms with Gasteiger partial charge in [0, 0.05) is 0 Å². The second kappa shape index (κ2) is 5.44. The Morgan fingerprint density at radius 3 is 3.07 bits per heavy atom. The van der Waals surface area contributed by atoms with Crippen LogP contribution >= 0.6 is 0 Å². The van der Waals surface area contributed by atoms with Gasteiger partial charge in [0.1, 0.15) is 0 Å². The third kappa shape index (κ3) is 2.60. The van der Waals surface area contributed by atoms with E-state index in [0.717, 1.165) is 0 Å². The van der Waals surface area contributed by atoms with Crippen molar-refractivity contribution in [2.24, 2.45) is 10.8 Å². The number of nitrogens with zero attached hydrogens (tertiary/aromatic N) is 3. The summed E-state index contributed by atoms with van der Waals surface area (Å²) in [5, 5.41) is 0. The van der Waals surface area contributed by atoms with E-state index in [-0.39, 0.29) is 0 Å². The van der Waals surface area contributed by atoms with E-state index in [9.17, 15) is 0 Å². The molecular formula is C8H9N5V. The van der Waals surface area contributed by atoms with Crippen molar-refractivity contribution in [1.82, 2.24) is 9.97 Å². The van der Waals surface area contributed by atoms with Gasteiger partial charge in [-0.2, -0.15) is 0 Å². The van der Waals surface area contributed by atoms with Crippen molar-refractivity contribution in [3.63, 3.8) is 0 Å². The molecular weight excluding hydrogens is 217 g/mol. The maximum atomic E-state index is 5.19. The summed E-state index contributed by atoms with van der Waals surface area (Å²) in [4.78, 5) is 12.0. The molecule has 0 unspecified atom stereocenters. The van der Waals surface area contributed by atoms with Crippen molar-refractivity contribution >= 4 is 16.4 Å². The topological polar surface area (TPSA) is 76.2 Å². The van der Waals surface area contributed by atoms with Gasteiger partial charge in [0.05, 0.1) is 0 Å². The summed E-state index contributed by atoms with van der Waals surface area (Å²) in [6, 6.07) is 1.74. The van der Waals surface area contributed by atoms with Crippen LogP contribution in [0.4, 0.5) is 5.95 Å². The number of rotatable bonds is 4. The molecule has 0 bridgehead atoms. The molecule has 5 nitrogen and oxygen atoms in total. The third-order valence-corrected chi connectivity index (χ3v) is 1.78. The number of hydrazine groups is 1. The Bertz CT molecular complexity index is 374. The zero-order valence-electron chi connectivity index (χ0n) is 7.38. The van der Waals surface area contributed by atoms with Crippen LogP contribution in [0, 0.1) is 0 Å². The average Bonchev–Trinajstić information content (AvgIpc) is 2.26. The summed E-state index contributed by atoms with van der Waals surface area (Å²) in [5.74, 6) is 5.54. The van der Waals surface area contributed by atoms with Gasteiger partial charge >= 0.3 is 90.3 Å². The first-order valence-electron chi connectivity index (χ1n) is 3.78. The van der Waals surface area contributed by atoms with E-state index in [4.69, 9.17) is 5.84 Å². The third-order valence-electron chi connectivity index (χ3n) is 1.40. The van der Waals surface area contributed by atoms with Crippen molar-refractivity contribution in [3.05, 3.63) is 30.7 Å². The second-order valence-corrected chi connectivity index (χ2v) is 2.64. The summed E-state index contributed by atoms with van der Waals surface area (Å²) in [7, 11) is 0. The van der Waals surface area contributed by atoms with Gasteiger partial charge in [-0.15, -0.1) is 0 Å². The molecule has 0 fully saturated rings. The van der Waals surface area contributed by atoms with E-state index in [0.29, 0.717) is 17.4 Å². The van der Waals surface area contributed by atoms with Crippen LogP contribution < -0.4 is 11.3 Å². The fourth-order valence-electron chi connectivity index (χ4n) is 0.835. The van der Waals surface area contributed by atoms with Gasteiger partial charge in [-0.05, 0) is 0 Å². The Kier molecular flexibility index (Phi) is 4.19. The minimum absolute atomic E-state index is 0.355. The number of nitrogen functional groups attached to an aromatic ring is 1. The molecule has 71 valence electrons. The zero-order valence-corrected chi connectivity index (χ0v) is 8.78. The van der Waals surface area contributed by atoms with Gasteiger partial charge in [0.15, 0.2) is 0 Å². The first-order chi connectivity index (χ1) is 6.81. The van der Waals surface area contributed by atoms with E-state index >= 15 is 0 Å². The van der Waals surface area contributed by atoms with Crippen molar-refractivity contribution in [2.75, 3.05) is 5.43 Å². The van der Waals surface area contributed by atoms with Gasteiger partial charge in [0.2, 0.25) is 0 Å². The number of aromatic nitrogens is 2. The van der Waals surface area contributed by atoms with E-state index in [2.05, 4.69) is 43.9 Å². The Morgan fingerprint density at radius 2 is 2.50 bits per heavy atom. The maximum absolute atomic E-state index is 5.19. The summed E-state index contributed by atoms with van der Waals surface area (Å²) in [6.45, 7) is 3.52. The van der Waals surface area contributed by atoms with E-state index in [1.54, 1.807) is 17.0 Å². The van der Waals surface area contributed by atoms with Crippen LogP contribution in [0.1, 0.15) is 5.69 Å². The van der Waals surface area contributed by atoms with Gasteiger partial charge in [-0.25, -0.2) is 0 Å². The molecule has 0 aromatic carbocycles. The van der Waals surface area contributed by atoms with Crippen LogP contribution in [0.5, 0.6) is 0 Å². The quantitative estimate of drug-likeness (QED) is 0.432. The number of anilines is 1. The fraction of sp³-hybridized carbons (Fsp3) is 0. The van der Waals surface area contributed by atoms with Crippen molar-refractivity contribution in [1.29, 1.82) is 0 Å². The number of nitrogens with one attached hydrogen (secondary N) is 1. The van der Waals surface area contributed by atoms with Crippen LogP contribution in [0.3, 0.4) is 0 Å². The summed E-state index contributed by atoms with van der Waals surface area (Å²) in [5.41, 5.74) is 3.76. The first-order valence-corrected chi connectivity index (χ1v) is 4.58. The van der Waals surface area contributed by atoms with Gasteiger partial charge in [-0.3, -0.25) is 0 Å². The number of hydrogen-bond acceptors (Lipinski definition) is 5. The predicted molar refractivity (Wildman–Crippen MR) is 52.6 cm³/mol. The van der Waals surface area contributed by atoms with Crippen LogP contribution in [-0.2, 0) is 17.0 Å². The zero-order chi connectivity index (χ0) is 10.4. The summed E-state index contributed by atoms with van der Waals surface area (Å²) in [6.07, 6.45) is 3.06. The molecule has 0 saturated heterocycles. The first kappa shape index (κ1) is 10.8. The molecule has 1 aromatic heterocycles. The SMILES string of the molecule is C=CN=C([CH]=[V])c1ccnc(NN)n1. The molecule has 0 atom stereocenters. The van der Waals surface area contributed by atoms with Gasteiger partial charge < -0.3 is 0 Å². The van der Waals surface area contributed by atoms with E-state index in [1.165, 1.54) is 6.20 Å². The summed E-state index contributed by atoms with van der Waals surface area (Å²) >= 11 is 2.31. The Hall–Kier alpha value is -1.30. The Labute approximate surface area is 90.6 Å². The monoisotopic (exact) mass is 226 g/mol. The number of nitrogens with two attached hydrogens (primary N) is 1. The predicted octanol–water partition coefficient (Wildman–Crippen LogP) is 0.0438. The number of hydrogen-bond donors (Lipinski definition) is 2. The van der Waals surface area contributed by atoms with Gasteiger partial charge in [0.25, 0.3) is 0 Å².